The highest BCUT2D eigenvalue weighted by molar-refractivity contribution is 7.21. The molecule has 50 heavy (non-hydrogen) atoms. The van der Waals surface area contributed by atoms with E-state index in [4.69, 9.17) is 4.74 Å². The smallest absolute Gasteiger partial charge is 0.321 e. The number of Topliss-reactive ketones (excluding diaryl/α,β-unsaturated/α-hetero) is 1. The fourth-order valence-corrected chi connectivity index (χ4v) is 12.5. The van der Waals surface area contributed by atoms with Crippen LogP contribution in [0.1, 0.15) is 74.9 Å². The van der Waals surface area contributed by atoms with Gasteiger partial charge in [0.1, 0.15) is 0 Å². The van der Waals surface area contributed by atoms with Crippen LogP contribution in [-0.4, -0.2) is 65.4 Å². The first kappa shape index (κ1) is 33.8. The molecular weight excluding hydrogens is 645 g/mol. The van der Waals surface area contributed by atoms with Gasteiger partial charge in [-0.25, -0.2) is 4.79 Å². The minimum atomic E-state index is -1.15. The number of para-hydroxylation sites is 1. The number of aliphatic hydroxyl groups is 2. The van der Waals surface area contributed by atoms with E-state index in [0.717, 1.165) is 58.3 Å². The van der Waals surface area contributed by atoms with Crippen molar-refractivity contribution < 1.29 is 24.5 Å². The average Bonchev–Trinajstić information content (AvgIpc) is 3.66. The van der Waals surface area contributed by atoms with Gasteiger partial charge in [0.15, 0.2) is 5.78 Å². The number of rotatable bonds is 9. The molecule has 2 spiro atoms. The monoisotopic (exact) mass is 694 g/mol. The largest absolute Gasteiger partial charge is 0.393 e. The number of amides is 2. The molecule has 8 unspecified atom stereocenters. The van der Waals surface area contributed by atoms with Gasteiger partial charge in [-0.05, 0) is 98.3 Å². The number of fused-ring (bicyclic) bond motifs is 2. The molecule has 6 aliphatic carbocycles. The van der Waals surface area contributed by atoms with Crippen LogP contribution in [0.3, 0.4) is 0 Å². The zero-order valence-corrected chi connectivity index (χ0v) is 30.3. The summed E-state index contributed by atoms with van der Waals surface area (Å²) in [7, 11) is 1.66. The van der Waals surface area contributed by atoms with Crippen molar-refractivity contribution >= 4 is 38.9 Å². The van der Waals surface area contributed by atoms with Gasteiger partial charge in [-0.1, -0.05) is 68.5 Å². The van der Waals surface area contributed by atoms with Crippen molar-refractivity contribution in [2.24, 2.45) is 33.5 Å². The fraction of sp³-hybridized carbons (Fsp3) is 0.524. The third kappa shape index (κ3) is 4.85. The lowest BCUT2D eigenvalue weighted by atomic mass is 9.32. The highest BCUT2D eigenvalue weighted by atomic mass is 32.1. The molecule has 9 rings (SSSR count). The van der Waals surface area contributed by atoms with Crippen LogP contribution in [0.2, 0.25) is 0 Å². The molecule has 0 aliphatic heterocycles. The fourth-order valence-electron chi connectivity index (χ4n) is 11.5. The number of allylic oxidation sites excluding steroid dienone is 4. The lowest BCUT2D eigenvalue weighted by molar-refractivity contribution is -0.174. The van der Waals surface area contributed by atoms with Crippen molar-refractivity contribution in [2.45, 2.75) is 76.9 Å². The van der Waals surface area contributed by atoms with Crippen LogP contribution in [0.4, 0.5) is 10.5 Å². The Bertz CT molecular complexity index is 1840. The number of urea groups is 1. The number of ether oxygens (including phenoxy) is 1. The molecule has 0 saturated heterocycles. The summed E-state index contributed by atoms with van der Waals surface area (Å²) in [5.41, 5.74) is -1.13. The Kier molecular flexibility index (Phi) is 8.22. The van der Waals surface area contributed by atoms with Crippen LogP contribution in [0, 0.1) is 33.5 Å². The molecule has 264 valence electrons. The van der Waals surface area contributed by atoms with Crippen LogP contribution in [0.5, 0.6) is 0 Å². The molecule has 3 saturated carbocycles. The summed E-state index contributed by atoms with van der Waals surface area (Å²) >= 11 is 1.56. The zero-order chi connectivity index (χ0) is 34.9. The molecule has 6 aliphatic rings. The van der Waals surface area contributed by atoms with Crippen molar-refractivity contribution in [2.75, 3.05) is 32.1 Å². The third-order valence-corrected chi connectivity index (χ3v) is 15.3. The normalized spacial score (nSPS) is 36.7. The second-order valence-corrected chi connectivity index (χ2v) is 17.4. The highest BCUT2D eigenvalue weighted by Gasteiger charge is 2.74. The van der Waals surface area contributed by atoms with E-state index >= 15 is 4.79 Å². The molecule has 2 bridgehead atoms. The molecule has 3 fully saturated rings. The van der Waals surface area contributed by atoms with Crippen molar-refractivity contribution in [3.8, 4) is 0 Å². The molecule has 7 nitrogen and oxygen atoms in total. The minimum Gasteiger partial charge on any atom is -0.393 e. The number of hydrogen-bond acceptors (Lipinski definition) is 6. The molecular formula is C42H50N2O5S. The molecule has 2 amide bonds. The highest BCUT2D eigenvalue weighted by Crippen LogP contribution is 2.78. The predicted octanol–water partition coefficient (Wildman–Crippen LogP) is 8.25. The predicted molar refractivity (Wildman–Crippen MR) is 198 cm³/mol. The molecule has 2 aromatic carbocycles. The van der Waals surface area contributed by atoms with E-state index in [1.807, 2.05) is 48.5 Å². The van der Waals surface area contributed by atoms with Crippen LogP contribution < -0.4 is 5.32 Å². The number of aliphatic hydroxyl groups excluding tert-OH is 1. The number of benzene rings is 2. The summed E-state index contributed by atoms with van der Waals surface area (Å²) in [4.78, 5) is 31.4. The molecule has 3 N–H and O–H groups in total. The Morgan fingerprint density at radius 2 is 1.68 bits per heavy atom. The molecule has 8 heteroatoms. The van der Waals surface area contributed by atoms with Crippen LogP contribution in [0.15, 0.2) is 84.5 Å². The number of ketones is 1. The first-order valence-electron chi connectivity index (χ1n) is 18.5. The van der Waals surface area contributed by atoms with Gasteiger partial charge in [0, 0.05) is 52.5 Å². The van der Waals surface area contributed by atoms with E-state index in [9.17, 15) is 15.0 Å². The van der Waals surface area contributed by atoms with Crippen LogP contribution >= 0.6 is 11.3 Å². The summed E-state index contributed by atoms with van der Waals surface area (Å²) in [5.74, 6) is 0.315. The van der Waals surface area contributed by atoms with Crippen molar-refractivity contribution in [1.82, 2.24) is 4.90 Å². The lowest BCUT2D eigenvalue weighted by Crippen LogP contribution is -2.67. The molecule has 3 aromatic rings. The van der Waals surface area contributed by atoms with Gasteiger partial charge in [0.05, 0.1) is 23.1 Å². The standard InChI is InChI=1S/C42H50N2O5S/c1-38-17-14-30(45)25-40(38)20-21-42(31(26-40)36(46)33-24-28-10-7-8-13-32(28)50-33)34(38)15-18-39(2)35(42)16-19-41(39,48)27-44(22-9-23-49-3)37(47)43-29-11-5-4-6-12-29/h4-8,10-13,20-21,24,26,30,34-35,45,48H,9,14-19,22-23,25,27H2,1-3H3,(H,43,47). The summed E-state index contributed by atoms with van der Waals surface area (Å²) in [6, 6.07) is 19.5. The van der Waals surface area contributed by atoms with Gasteiger partial charge in [0.2, 0.25) is 0 Å². The van der Waals surface area contributed by atoms with Gasteiger partial charge >= 0.3 is 6.03 Å². The van der Waals surface area contributed by atoms with Crippen molar-refractivity contribution in [3.05, 3.63) is 89.3 Å². The molecule has 1 aromatic heterocycles. The second-order valence-electron chi connectivity index (χ2n) is 16.4. The minimum absolute atomic E-state index is 0.0135. The van der Waals surface area contributed by atoms with Crippen molar-refractivity contribution in [1.29, 1.82) is 0 Å². The van der Waals surface area contributed by atoms with Crippen LogP contribution in [-0.2, 0) is 4.74 Å². The van der Waals surface area contributed by atoms with E-state index in [1.54, 1.807) is 23.3 Å². The summed E-state index contributed by atoms with van der Waals surface area (Å²) in [6.45, 7) is 5.84. The maximum absolute atomic E-state index is 15.0. The maximum atomic E-state index is 15.0. The van der Waals surface area contributed by atoms with Gasteiger partial charge in [0.25, 0.3) is 0 Å². The number of hydrogen-bond donors (Lipinski definition) is 3. The van der Waals surface area contributed by atoms with E-state index < -0.39 is 22.5 Å². The van der Waals surface area contributed by atoms with Gasteiger partial charge in [-0.15, -0.1) is 11.3 Å². The van der Waals surface area contributed by atoms with Gasteiger partial charge in [-0.3, -0.25) is 4.79 Å². The topological polar surface area (TPSA) is 99.1 Å². The SMILES string of the molecule is COCCCN(CC1(O)CCC2C34C=CC5(C=C3C(=O)c3cc6ccccc6s3)CC(O)CCC5(C)C4CCC21C)C(=O)Nc1ccccc1. The number of methoxy groups -OCH3 is 1. The number of carbonyl (C=O) groups is 2. The Labute approximate surface area is 299 Å². The lowest BCUT2D eigenvalue weighted by Gasteiger charge is -2.71. The molecule has 8 atom stereocenters. The molecule has 0 radical (unpaired) electrons. The zero-order valence-electron chi connectivity index (χ0n) is 29.5. The van der Waals surface area contributed by atoms with E-state index in [0.29, 0.717) is 32.4 Å². The van der Waals surface area contributed by atoms with Crippen molar-refractivity contribution in [3.63, 3.8) is 0 Å². The first-order valence-corrected chi connectivity index (χ1v) is 19.3. The van der Waals surface area contributed by atoms with Gasteiger partial charge < -0.3 is 25.2 Å². The van der Waals surface area contributed by atoms with Crippen LogP contribution in [0.25, 0.3) is 10.1 Å². The maximum Gasteiger partial charge on any atom is 0.321 e. The summed E-state index contributed by atoms with van der Waals surface area (Å²) < 4.78 is 6.45. The van der Waals surface area contributed by atoms with E-state index in [2.05, 4.69) is 49.5 Å². The number of carbonyl (C=O) groups excluding carboxylic acids is 2. The Morgan fingerprint density at radius 3 is 2.46 bits per heavy atom. The third-order valence-electron chi connectivity index (χ3n) is 14.1. The Hall–Kier alpha value is -3.30. The number of thiophene rings is 1. The van der Waals surface area contributed by atoms with E-state index in [-0.39, 0.29) is 41.0 Å². The van der Waals surface area contributed by atoms with Gasteiger partial charge in [-0.2, -0.15) is 0 Å². The average molecular weight is 695 g/mol. The Balaban J connectivity index is 1.19. The first-order chi connectivity index (χ1) is 24.0. The summed E-state index contributed by atoms with van der Waals surface area (Å²) in [5, 5.41) is 28.1. The quantitative estimate of drug-likeness (QED) is 0.119. The number of nitrogens with one attached hydrogen (secondary N) is 1. The summed E-state index contributed by atoms with van der Waals surface area (Å²) in [6.07, 6.45) is 12.6. The Morgan fingerprint density at radius 1 is 0.960 bits per heavy atom. The number of anilines is 1. The molecule has 1 heterocycles. The van der Waals surface area contributed by atoms with E-state index in [1.165, 1.54) is 0 Å². The number of nitrogens with zero attached hydrogens (tertiary/aromatic N) is 1. The second kappa shape index (κ2) is 12.1.